The second-order valence-corrected chi connectivity index (χ2v) is 9.68. The largest absolute Gasteiger partial charge is 0.481 e. The highest BCUT2D eigenvalue weighted by molar-refractivity contribution is 6.01. The Morgan fingerprint density at radius 2 is 1.22 bits per heavy atom. The molecule has 0 amide bonds. The molecule has 4 heterocycles. The summed E-state index contributed by atoms with van der Waals surface area (Å²) in [7, 11) is 0. The number of fused-ring (bicyclic) bond motifs is 2. The molecule has 0 bridgehead atoms. The first-order valence-corrected chi connectivity index (χ1v) is 12.6. The van der Waals surface area contributed by atoms with Gasteiger partial charge in [0.05, 0.1) is 57.2 Å². The predicted molar refractivity (Wildman–Crippen MR) is 123 cm³/mol. The molecule has 226 valence electrons. The number of aliphatic carboxylic acids is 3. The van der Waals surface area contributed by atoms with Crippen LogP contribution in [0.3, 0.4) is 0 Å². The van der Waals surface area contributed by atoms with E-state index in [4.69, 9.17) is 38.3 Å². The zero-order valence-corrected chi connectivity index (χ0v) is 21.3. The molecule has 4 aliphatic heterocycles. The van der Waals surface area contributed by atoms with Crippen molar-refractivity contribution in [3.63, 3.8) is 0 Å². The summed E-state index contributed by atoms with van der Waals surface area (Å²) in [4.78, 5) is 71.2. The Labute approximate surface area is 230 Å². The average Bonchev–Trinajstić information content (AvgIpc) is 3.66. The molecule has 0 aromatic carbocycles. The van der Waals surface area contributed by atoms with Gasteiger partial charge in [-0.05, 0) is 0 Å². The molecule has 0 aliphatic carbocycles. The van der Waals surface area contributed by atoms with E-state index in [1.165, 1.54) is 0 Å². The SMILES string of the molecule is O=C(O)CCC(=O)O[C@@H]1CO[C@H]2[C@@H]1OC[C@H]2OC(=O)/C=C(\C(=O)O)C(CC(=O)O[C@@H]1CO[C@H]2[C@@H]1OC[C@H]2O)C(=O)O. The van der Waals surface area contributed by atoms with Crippen molar-refractivity contribution < 1.29 is 82.4 Å². The van der Waals surface area contributed by atoms with E-state index >= 15 is 0 Å². The van der Waals surface area contributed by atoms with Crippen LogP contribution in [-0.2, 0) is 61.9 Å². The van der Waals surface area contributed by atoms with Crippen molar-refractivity contribution in [2.75, 3.05) is 26.4 Å². The first kappa shape index (κ1) is 30.3. The van der Waals surface area contributed by atoms with E-state index in [-0.39, 0.29) is 32.8 Å². The topological polar surface area (TPSA) is 248 Å². The smallest absolute Gasteiger partial charge is 0.332 e. The summed E-state index contributed by atoms with van der Waals surface area (Å²) < 4.78 is 37.3. The highest BCUT2D eigenvalue weighted by Crippen LogP contribution is 2.32. The van der Waals surface area contributed by atoms with E-state index in [9.17, 15) is 44.1 Å². The van der Waals surface area contributed by atoms with E-state index < -0.39 is 109 Å². The Morgan fingerprint density at radius 1 is 0.707 bits per heavy atom. The standard InChI is InChI=1S/C24H28O17/c25-11-5-35-20-12(6-36-19(11)20)40-17(29)3-9(23(31)32)10(24(33)34)4-18(30)41-14-8-38-21-13(7-37-22(14)21)39-16(28)2-1-15(26)27/h4,9,11-14,19-22,25H,1-3,5-8H2,(H,26,27)(H,31,32)(H,33,34)/b10-4-/t9?,11-,12-,13-,14-,19-,20-,21-,22-/m1/s1. The Kier molecular flexibility index (Phi) is 9.54. The quantitative estimate of drug-likeness (QED) is 0.106. The molecule has 0 aromatic heterocycles. The molecule has 9 atom stereocenters. The van der Waals surface area contributed by atoms with Crippen molar-refractivity contribution in [2.24, 2.45) is 5.92 Å². The molecule has 0 saturated carbocycles. The van der Waals surface area contributed by atoms with Crippen molar-refractivity contribution in [1.29, 1.82) is 0 Å². The number of hydrogen-bond acceptors (Lipinski definition) is 14. The molecular formula is C24H28O17. The lowest BCUT2D eigenvalue weighted by Crippen LogP contribution is -2.36. The van der Waals surface area contributed by atoms with Gasteiger partial charge in [-0.25, -0.2) is 9.59 Å². The lowest BCUT2D eigenvalue weighted by molar-refractivity contribution is -0.158. The first-order chi connectivity index (χ1) is 19.4. The van der Waals surface area contributed by atoms with E-state index in [0.717, 1.165) is 0 Å². The predicted octanol–water partition coefficient (Wildman–Crippen LogP) is -2.36. The van der Waals surface area contributed by atoms with Gasteiger partial charge in [0.15, 0.2) is 18.3 Å². The minimum absolute atomic E-state index is 0.0353. The third kappa shape index (κ3) is 7.17. The van der Waals surface area contributed by atoms with Crippen LogP contribution in [0.1, 0.15) is 19.3 Å². The van der Waals surface area contributed by atoms with Gasteiger partial charge in [-0.1, -0.05) is 0 Å². The molecular weight excluding hydrogens is 560 g/mol. The Bertz CT molecular complexity index is 1100. The van der Waals surface area contributed by atoms with E-state index in [2.05, 4.69) is 0 Å². The van der Waals surface area contributed by atoms with Crippen molar-refractivity contribution in [3.8, 4) is 0 Å². The van der Waals surface area contributed by atoms with Gasteiger partial charge in [0.25, 0.3) is 0 Å². The summed E-state index contributed by atoms with van der Waals surface area (Å²) in [6.07, 6.45) is -8.31. The number of esters is 3. The summed E-state index contributed by atoms with van der Waals surface area (Å²) in [6.45, 7) is -0.483. The second-order valence-electron chi connectivity index (χ2n) is 9.68. The molecule has 4 aliphatic rings. The average molecular weight is 588 g/mol. The normalized spacial score (nSPS) is 33.0. The van der Waals surface area contributed by atoms with Crippen LogP contribution in [0, 0.1) is 5.92 Å². The third-order valence-electron chi connectivity index (χ3n) is 6.89. The van der Waals surface area contributed by atoms with Crippen LogP contribution in [0.5, 0.6) is 0 Å². The van der Waals surface area contributed by atoms with Crippen molar-refractivity contribution in [3.05, 3.63) is 11.6 Å². The molecule has 1 unspecified atom stereocenters. The van der Waals surface area contributed by atoms with E-state index in [1.807, 2.05) is 0 Å². The number of carboxylic acids is 3. The summed E-state index contributed by atoms with van der Waals surface area (Å²) in [6, 6.07) is 0. The fourth-order valence-electron chi connectivity index (χ4n) is 4.95. The van der Waals surface area contributed by atoms with Crippen LogP contribution in [0.15, 0.2) is 11.6 Å². The molecule has 0 spiro atoms. The highest BCUT2D eigenvalue weighted by Gasteiger charge is 2.51. The highest BCUT2D eigenvalue weighted by atomic mass is 16.7. The maximum Gasteiger partial charge on any atom is 0.332 e. The monoisotopic (exact) mass is 588 g/mol. The lowest BCUT2D eigenvalue weighted by Gasteiger charge is -2.19. The zero-order valence-electron chi connectivity index (χ0n) is 21.3. The zero-order chi connectivity index (χ0) is 29.8. The molecule has 4 saturated heterocycles. The van der Waals surface area contributed by atoms with Crippen molar-refractivity contribution in [2.45, 2.75) is 68.1 Å². The van der Waals surface area contributed by atoms with Crippen LogP contribution in [0.2, 0.25) is 0 Å². The maximum absolute atomic E-state index is 12.6. The second kappa shape index (κ2) is 12.9. The van der Waals surface area contributed by atoms with Crippen molar-refractivity contribution >= 4 is 35.8 Å². The van der Waals surface area contributed by atoms with Crippen LogP contribution in [0.4, 0.5) is 0 Å². The number of hydrogen-bond donors (Lipinski definition) is 4. The summed E-state index contributed by atoms with van der Waals surface area (Å²) in [5.74, 6) is -9.79. The van der Waals surface area contributed by atoms with Gasteiger partial charge >= 0.3 is 35.8 Å². The molecule has 4 N–H and O–H groups in total. The molecule has 0 aromatic rings. The Morgan fingerprint density at radius 3 is 1.78 bits per heavy atom. The summed E-state index contributed by atoms with van der Waals surface area (Å²) in [5, 5.41) is 37.7. The van der Waals surface area contributed by atoms with Gasteiger partial charge in [-0.3, -0.25) is 19.2 Å². The van der Waals surface area contributed by atoms with Crippen LogP contribution >= 0.6 is 0 Å². The number of rotatable bonds is 12. The fourth-order valence-corrected chi connectivity index (χ4v) is 4.95. The van der Waals surface area contributed by atoms with Gasteiger partial charge in [0.2, 0.25) is 0 Å². The Hall–Kier alpha value is -3.64. The molecule has 17 nitrogen and oxygen atoms in total. The number of carbonyl (C=O) groups is 6. The number of aliphatic hydroxyl groups is 1. The lowest BCUT2D eigenvalue weighted by atomic mass is 9.95. The number of ether oxygens (including phenoxy) is 7. The first-order valence-electron chi connectivity index (χ1n) is 12.6. The van der Waals surface area contributed by atoms with Crippen molar-refractivity contribution in [1.82, 2.24) is 0 Å². The minimum atomic E-state index is -1.98. The molecule has 0 radical (unpaired) electrons. The van der Waals surface area contributed by atoms with Gasteiger partial charge in [-0.2, -0.15) is 0 Å². The van der Waals surface area contributed by atoms with Crippen LogP contribution in [-0.4, -0.2) is 132 Å². The number of aliphatic hydroxyl groups excluding tert-OH is 1. The number of carboxylic acid groups (broad SMARTS) is 3. The van der Waals surface area contributed by atoms with Crippen LogP contribution < -0.4 is 0 Å². The van der Waals surface area contributed by atoms with E-state index in [1.54, 1.807) is 0 Å². The summed E-state index contributed by atoms with van der Waals surface area (Å²) in [5.41, 5.74) is -0.944. The maximum atomic E-state index is 12.6. The third-order valence-corrected chi connectivity index (χ3v) is 6.89. The minimum Gasteiger partial charge on any atom is -0.481 e. The van der Waals surface area contributed by atoms with Gasteiger partial charge in [-0.15, -0.1) is 0 Å². The molecule has 4 fully saturated rings. The van der Waals surface area contributed by atoms with Crippen LogP contribution in [0.25, 0.3) is 0 Å². The van der Waals surface area contributed by atoms with Gasteiger partial charge in [0.1, 0.15) is 30.5 Å². The van der Waals surface area contributed by atoms with Gasteiger partial charge in [0, 0.05) is 6.08 Å². The molecule has 4 rings (SSSR count). The number of carbonyl (C=O) groups excluding carboxylic acids is 3. The molecule has 17 heteroatoms. The summed E-state index contributed by atoms with van der Waals surface area (Å²) >= 11 is 0. The fraction of sp³-hybridized carbons (Fsp3) is 0.667. The Balaban J connectivity index is 1.34. The van der Waals surface area contributed by atoms with E-state index in [0.29, 0.717) is 6.08 Å². The molecule has 41 heavy (non-hydrogen) atoms. The van der Waals surface area contributed by atoms with Gasteiger partial charge < -0.3 is 53.6 Å².